The van der Waals surface area contributed by atoms with E-state index in [2.05, 4.69) is 20.9 Å². The number of amides is 1. The summed E-state index contributed by atoms with van der Waals surface area (Å²) in [7, 11) is 0. The monoisotopic (exact) mass is 558 g/mol. The van der Waals surface area contributed by atoms with Crippen LogP contribution in [-0.4, -0.2) is 44.2 Å². The van der Waals surface area contributed by atoms with Crippen molar-refractivity contribution in [2.24, 2.45) is 4.99 Å². The van der Waals surface area contributed by atoms with E-state index in [1.807, 2.05) is 39.0 Å². The van der Waals surface area contributed by atoms with Crippen molar-refractivity contribution < 1.29 is 18.7 Å². The molecule has 176 valence electrons. The van der Waals surface area contributed by atoms with Crippen LogP contribution >= 0.6 is 24.0 Å². The van der Waals surface area contributed by atoms with E-state index in [1.54, 1.807) is 18.2 Å². The number of likely N-dealkylation sites (N-methyl/N-ethyl adjacent to an activating group) is 1. The van der Waals surface area contributed by atoms with Crippen LogP contribution in [0.5, 0.6) is 11.5 Å². The third-order valence-corrected chi connectivity index (χ3v) is 4.10. The van der Waals surface area contributed by atoms with E-state index in [4.69, 9.17) is 9.47 Å². The summed E-state index contributed by atoms with van der Waals surface area (Å²) in [5.41, 5.74) is 0.953. The summed E-state index contributed by atoms with van der Waals surface area (Å²) in [5.74, 6) is 1.27. The van der Waals surface area contributed by atoms with E-state index in [0.717, 1.165) is 5.56 Å². The molecule has 0 saturated carbocycles. The molecule has 0 radical (unpaired) electrons. The van der Waals surface area contributed by atoms with Gasteiger partial charge in [0.15, 0.2) is 12.6 Å². The smallest absolute Gasteiger partial charge is 0.257 e. The number of benzene rings is 2. The quantitative estimate of drug-likeness (QED) is 0.224. The Balaban J connectivity index is 0.00000512. The summed E-state index contributed by atoms with van der Waals surface area (Å²) < 4.78 is 24.5. The number of halogens is 2. The number of rotatable bonds is 11. The van der Waals surface area contributed by atoms with Gasteiger partial charge in [-0.25, -0.2) is 9.38 Å². The van der Waals surface area contributed by atoms with Gasteiger partial charge in [0, 0.05) is 19.2 Å². The van der Waals surface area contributed by atoms with Crippen molar-refractivity contribution in [3.05, 3.63) is 59.9 Å². The molecule has 1 atom stereocenters. The van der Waals surface area contributed by atoms with Crippen LogP contribution in [0.15, 0.2) is 53.5 Å². The third kappa shape index (κ3) is 10.7. The topological polar surface area (TPSA) is 84.0 Å². The molecule has 0 fully saturated rings. The normalized spacial score (nSPS) is 11.7. The van der Waals surface area contributed by atoms with Gasteiger partial charge in [-0.1, -0.05) is 18.2 Å². The zero-order chi connectivity index (χ0) is 22.5. The molecule has 1 amide bonds. The zero-order valence-electron chi connectivity index (χ0n) is 18.7. The number of guanidine groups is 1. The Morgan fingerprint density at radius 2 is 1.75 bits per heavy atom. The van der Waals surface area contributed by atoms with Crippen LogP contribution < -0.4 is 25.4 Å². The van der Waals surface area contributed by atoms with E-state index in [9.17, 15) is 9.18 Å². The number of carbonyl (C=O) groups is 1. The number of nitrogens with one attached hydrogen (secondary N) is 3. The highest BCUT2D eigenvalue weighted by atomic mass is 127. The average molecular weight is 558 g/mol. The van der Waals surface area contributed by atoms with E-state index in [1.165, 1.54) is 12.1 Å². The maximum absolute atomic E-state index is 13.3. The number of nitrogens with zero attached hydrogens (tertiary/aromatic N) is 1. The highest BCUT2D eigenvalue weighted by Crippen LogP contribution is 2.15. The van der Waals surface area contributed by atoms with Crippen LogP contribution in [0, 0.1) is 5.82 Å². The fourth-order valence-corrected chi connectivity index (χ4v) is 2.70. The summed E-state index contributed by atoms with van der Waals surface area (Å²) in [6.45, 7) is 7.94. The predicted molar refractivity (Wildman–Crippen MR) is 135 cm³/mol. The molecule has 0 aliphatic carbocycles. The van der Waals surface area contributed by atoms with Gasteiger partial charge in [-0.15, -0.1) is 24.0 Å². The van der Waals surface area contributed by atoms with Gasteiger partial charge in [0.1, 0.15) is 23.4 Å². The van der Waals surface area contributed by atoms with E-state index < -0.39 is 0 Å². The van der Waals surface area contributed by atoms with E-state index in [-0.39, 0.29) is 48.4 Å². The van der Waals surface area contributed by atoms with Crippen molar-refractivity contribution in [3.8, 4) is 11.5 Å². The van der Waals surface area contributed by atoms with Crippen LogP contribution in [0.2, 0.25) is 0 Å². The second-order valence-electron chi connectivity index (χ2n) is 6.85. The lowest BCUT2D eigenvalue weighted by Gasteiger charge is -2.17. The molecule has 7 nitrogen and oxygen atoms in total. The van der Waals surface area contributed by atoms with Crippen LogP contribution in [0.1, 0.15) is 26.3 Å². The van der Waals surface area contributed by atoms with Crippen LogP contribution in [-0.2, 0) is 11.3 Å². The highest BCUT2D eigenvalue weighted by molar-refractivity contribution is 14.0. The van der Waals surface area contributed by atoms with Gasteiger partial charge in [-0.05, 0) is 50.6 Å². The van der Waals surface area contributed by atoms with Gasteiger partial charge in [0.2, 0.25) is 0 Å². The van der Waals surface area contributed by atoms with Crippen molar-refractivity contribution in [1.29, 1.82) is 0 Å². The maximum atomic E-state index is 13.3. The van der Waals surface area contributed by atoms with E-state index >= 15 is 0 Å². The van der Waals surface area contributed by atoms with Gasteiger partial charge < -0.3 is 25.4 Å². The molecular formula is C23H32FIN4O3. The first-order chi connectivity index (χ1) is 15.0. The molecule has 0 aliphatic rings. The molecule has 0 aromatic heterocycles. The minimum absolute atomic E-state index is 0. The van der Waals surface area contributed by atoms with Crippen molar-refractivity contribution in [3.63, 3.8) is 0 Å². The Morgan fingerprint density at radius 3 is 2.47 bits per heavy atom. The molecule has 0 bridgehead atoms. The molecular weight excluding hydrogens is 526 g/mol. The van der Waals surface area contributed by atoms with Crippen molar-refractivity contribution in [1.82, 2.24) is 16.0 Å². The first-order valence-electron chi connectivity index (χ1n) is 10.4. The zero-order valence-corrected chi connectivity index (χ0v) is 21.0. The molecule has 1 unspecified atom stereocenters. The number of aliphatic imine (C=N–C) groups is 1. The SMILES string of the molecule is CCNC(=O)COc1cccc(CN=C(NCC)NCC(C)Oc2cccc(F)c2)c1.I. The molecule has 0 heterocycles. The molecule has 2 rings (SSSR count). The first kappa shape index (κ1) is 27.5. The van der Waals surface area contributed by atoms with Gasteiger partial charge >= 0.3 is 0 Å². The lowest BCUT2D eigenvalue weighted by molar-refractivity contribution is -0.122. The second-order valence-corrected chi connectivity index (χ2v) is 6.85. The average Bonchev–Trinajstić information content (AvgIpc) is 2.75. The minimum Gasteiger partial charge on any atom is -0.489 e. The van der Waals surface area contributed by atoms with Crippen molar-refractivity contribution in [2.45, 2.75) is 33.4 Å². The van der Waals surface area contributed by atoms with E-state index in [0.29, 0.717) is 43.6 Å². The second kappa shape index (κ2) is 15.3. The fourth-order valence-electron chi connectivity index (χ4n) is 2.70. The number of ether oxygens (including phenoxy) is 2. The van der Waals surface area contributed by atoms with Crippen LogP contribution in [0.25, 0.3) is 0 Å². The Kier molecular flexibility index (Phi) is 13.1. The Bertz CT molecular complexity index is 867. The lowest BCUT2D eigenvalue weighted by atomic mass is 10.2. The summed E-state index contributed by atoms with van der Waals surface area (Å²) in [6, 6.07) is 13.6. The summed E-state index contributed by atoms with van der Waals surface area (Å²) in [4.78, 5) is 16.1. The van der Waals surface area contributed by atoms with Gasteiger partial charge in [0.25, 0.3) is 5.91 Å². The third-order valence-electron chi connectivity index (χ3n) is 4.10. The van der Waals surface area contributed by atoms with Gasteiger partial charge in [-0.2, -0.15) is 0 Å². The highest BCUT2D eigenvalue weighted by Gasteiger charge is 2.07. The maximum Gasteiger partial charge on any atom is 0.257 e. The van der Waals surface area contributed by atoms with Crippen molar-refractivity contribution in [2.75, 3.05) is 26.2 Å². The molecule has 0 saturated heterocycles. The summed E-state index contributed by atoms with van der Waals surface area (Å²) >= 11 is 0. The molecule has 0 spiro atoms. The number of carbonyl (C=O) groups excluding carboxylic acids is 1. The minimum atomic E-state index is -0.329. The van der Waals surface area contributed by atoms with Gasteiger partial charge in [0.05, 0.1) is 13.1 Å². The first-order valence-corrected chi connectivity index (χ1v) is 10.4. The fraction of sp³-hybridized carbons (Fsp3) is 0.391. The molecule has 3 N–H and O–H groups in total. The number of hydrogen-bond acceptors (Lipinski definition) is 4. The van der Waals surface area contributed by atoms with Gasteiger partial charge in [-0.3, -0.25) is 4.79 Å². The molecule has 2 aromatic carbocycles. The summed E-state index contributed by atoms with van der Waals surface area (Å²) in [5, 5.41) is 9.11. The Labute approximate surface area is 206 Å². The number of hydrogen-bond donors (Lipinski definition) is 3. The van der Waals surface area contributed by atoms with Crippen LogP contribution in [0.4, 0.5) is 4.39 Å². The largest absolute Gasteiger partial charge is 0.489 e. The molecule has 9 heteroatoms. The van der Waals surface area contributed by atoms with Crippen molar-refractivity contribution >= 4 is 35.8 Å². The Morgan fingerprint density at radius 1 is 1.03 bits per heavy atom. The summed E-state index contributed by atoms with van der Waals surface area (Å²) in [6.07, 6.45) is -0.184. The predicted octanol–water partition coefficient (Wildman–Crippen LogP) is 3.48. The molecule has 2 aromatic rings. The molecule has 32 heavy (non-hydrogen) atoms. The standard InChI is InChI=1S/C23H31FN4O3.HI/c1-4-25-22(29)16-30-20-10-6-8-18(12-20)15-28-23(26-5-2)27-14-17(3)31-21-11-7-9-19(24)13-21;/h6-13,17H,4-5,14-16H2,1-3H3,(H,25,29)(H2,26,27,28);1H. The lowest BCUT2D eigenvalue weighted by Crippen LogP contribution is -2.41. The van der Waals surface area contributed by atoms with Crippen LogP contribution in [0.3, 0.4) is 0 Å². The Hall–Kier alpha value is -2.56. The molecule has 0 aliphatic heterocycles.